The second-order valence-electron chi connectivity index (χ2n) is 5.22. The van der Waals surface area contributed by atoms with E-state index < -0.39 is 0 Å². The number of alkyl halides is 1. The number of aromatic nitrogens is 2. The van der Waals surface area contributed by atoms with Crippen molar-refractivity contribution >= 4 is 34.4 Å². The molecule has 0 radical (unpaired) electrons. The minimum absolute atomic E-state index is 0.120. The number of para-hydroxylation sites is 1. The Morgan fingerprint density at radius 1 is 1.38 bits per heavy atom. The number of nitrogens with zero attached hydrogens (tertiary/aromatic N) is 2. The van der Waals surface area contributed by atoms with Crippen LogP contribution in [0.2, 0.25) is 0 Å². The molecule has 116 valence electrons. The summed E-state index contributed by atoms with van der Waals surface area (Å²) in [4.78, 5) is 4.75. The zero-order chi connectivity index (χ0) is 15.4. The van der Waals surface area contributed by atoms with Crippen molar-refractivity contribution in [3.05, 3.63) is 24.0 Å². The van der Waals surface area contributed by atoms with Gasteiger partial charge in [0.15, 0.2) is 0 Å². The van der Waals surface area contributed by atoms with E-state index in [2.05, 4.69) is 30.7 Å². The zero-order valence-electron chi connectivity index (χ0n) is 13.1. The molecule has 1 heterocycles. The highest BCUT2D eigenvalue weighted by molar-refractivity contribution is 7.99. The summed E-state index contributed by atoms with van der Waals surface area (Å²) in [6.45, 7) is 7.90. The lowest BCUT2D eigenvalue weighted by Crippen LogP contribution is -2.12. The van der Waals surface area contributed by atoms with Crippen LogP contribution in [0.4, 0.5) is 0 Å². The molecule has 1 aromatic heterocycles. The summed E-state index contributed by atoms with van der Waals surface area (Å²) in [5.74, 6) is 1.77. The third kappa shape index (κ3) is 3.67. The minimum Gasteiger partial charge on any atom is -0.491 e. The maximum atomic E-state index is 6.33. The smallest absolute Gasteiger partial charge is 0.147 e. The average Bonchev–Trinajstić information content (AvgIpc) is 2.84. The maximum Gasteiger partial charge on any atom is 0.147 e. The van der Waals surface area contributed by atoms with Crippen LogP contribution >= 0.6 is 23.4 Å². The monoisotopic (exact) mass is 326 g/mol. The Kier molecular flexibility index (Phi) is 5.82. The van der Waals surface area contributed by atoms with Crippen molar-refractivity contribution in [3.63, 3.8) is 0 Å². The highest BCUT2D eigenvalue weighted by atomic mass is 35.5. The number of rotatable bonds is 7. The van der Waals surface area contributed by atoms with Crippen LogP contribution in [-0.2, 0) is 6.54 Å². The van der Waals surface area contributed by atoms with Gasteiger partial charge in [-0.15, -0.1) is 11.6 Å². The van der Waals surface area contributed by atoms with E-state index in [0.717, 1.165) is 35.6 Å². The summed E-state index contributed by atoms with van der Waals surface area (Å²) < 4.78 is 8.05. The lowest BCUT2D eigenvalue weighted by molar-refractivity contribution is 0.320. The fourth-order valence-electron chi connectivity index (χ4n) is 2.29. The van der Waals surface area contributed by atoms with Crippen molar-refractivity contribution in [2.75, 3.05) is 12.9 Å². The Hall–Kier alpha value is -0.870. The molecule has 0 N–H and O–H groups in total. The molecule has 0 fully saturated rings. The van der Waals surface area contributed by atoms with Gasteiger partial charge in [0, 0.05) is 11.8 Å². The average molecular weight is 327 g/mol. The number of fused-ring (bicyclic) bond motifs is 1. The molecule has 0 amide bonds. The van der Waals surface area contributed by atoms with Crippen LogP contribution < -0.4 is 4.74 Å². The second-order valence-corrected chi connectivity index (χ2v) is 7.15. The van der Waals surface area contributed by atoms with Crippen molar-refractivity contribution < 1.29 is 4.74 Å². The normalized spacial score (nSPS) is 14.3. The van der Waals surface area contributed by atoms with E-state index in [0.29, 0.717) is 11.9 Å². The SMILES string of the molecule is CCCOc1cccc2c1nc(C(C)Cl)n2CC(C)SC. The van der Waals surface area contributed by atoms with Crippen molar-refractivity contribution in [2.45, 2.75) is 44.4 Å². The van der Waals surface area contributed by atoms with Crippen LogP contribution in [0.25, 0.3) is 11.0 Å². The molecule has 5 heteroatoms. The number of imidazole rings is 1. The molecule has 0 aliphatic carbocycles. The predicted molar refractivity (Wildman–Crippen MR) is 92.8 cm³/mol. The van der Waals surface area contributed by atoms with E-state index in [9.17, 15) is 0 Å². The third-order valence-electron chi connectivity index (χ3n) is 3.43. The van der Waals surface area contributed by atoms with Gasteiger partial charge in [-0.3, -0.25) is 0 Å². The van der Waals surface area contributed by atoms with Crippen LogP contribution in [0, 0.1) is 0 Å². The first-order valence-corrected chi connectivity index (χ1v) is 9.09. The third-order valence-corrected chi connectivity index (χ3v) is 4.58. The summed E-state index contributed by atoms with van der Waals surface area (Å²) in [6.07, 6.45) is 3.11. The lowest BCUT2D eigenvalue weighted by atomic mass is 10.3. The molecular weight excluding hydrogens is 304 g/mol. The van der Waals surface area contributed by atoms with Gasteiger partial charge < -0.3 is 9.30 Å². The minimum atomic E-state index is -0.120. The fraction of sp³-hybridized carbons (Fsp3) is 0.562. The predicted octanol–water partition coefficient (Wildman–Crippen LogP) is 4.88. The molecular formula is C16H23ClN2OS. The van der Waals surface area contributed by atoms with Gasteiger partial charge in [-0.25, -0.2) is 4.98 Å². The molecule has 2 rings (SSSR count). The van der Waals surface area contributed by atoms with Crippen LogP contribution in [0.1, 0.15) is 38.4 Å². The maximum absolute atomic E-state index is 6.33. The van der Waals surface area contributed by atoms with Crippen LogP contribution in [0.3, 0.4) is 0 Å². The number of ether oxygens (including phenoxy) is 1. The van der Waals surface area contributed by atoms with E-state index in [-0.39, 0.29) is 5.38 Å². The van der Waals surface area contributed by atoms with Crippen LogP contribution in [0.5, 0.6) is 5.75 Å². The van der Waals surface area contributed by atoms with E-state index in [1.165, 1.54) is 0 Å². The van der Waals surface area contributed by atoms with Crippen molar-refractivity contribution in [1.82, 2.24) is 9.55 Å². The number of thioether (sulfide) groups is 1. The molecule has 0 spiro atoms. The molecule has 0 saturated carbocycles. The molecule has 2 atom stereocenters. The van der Waals surface area contributed by atoms with Crippen LogP contribution in [-0.4, -0.2) is 27.7 Å². The van der Waals surface area contributed by atoms with Gasteiger partial charge >= 0.3 is 0 Å². The molecule has 1 aromatic carbocycles. The Morgan fingerprint density at radius 3 is 2.76 bits per heavy atom. The summed E-state index contributed by atoms with van der Waals surface area (Å²) in [5, 5.41) is 0.391. The Labute approximate surface area is 136 Å². The van der Waals surface area contributed by atoms with E-state index >= 15 is 0 Å². The Balaban J connectivity index is 2.51. The summed E-state index contributed by atoms with van der Waals surface area (Å²) in [7, 11) is 0. The van der Waals surface area contributed by atoms with Crippen LogP contribution in [0.15, 0.2) is 18.2 Å². The van der Waals surface area contributed by atoms with Gasteiger partial charge in [-0.2, -0.15) is 11.8 Å². The number of hydrogen-bond acceptors (Lipinski definition) is 3. The van der Waals surface area contributed by atoms with Gasteiger partial charge in [-0.1, -0.05) is 19.9 Å². The zero-order valence-corrected chi connectivity index (χ0v) is 14.7. The van der Waals surface area contributed by atoms with Gasteiger partial charge in [0.2, 0.25) is 0 Å². The quantitative estimate of drug-likeness (QED) is 0.679. The summed E-state index contributed by atoms with van der Waals surface area (Å²) in [5.41, 5.74) is 2.02. The Bertz CT molecular complexity index is 597. The standard InChI is InChI=1S/C16H23ClN2OS/c1-5-9-20-14-8-6-7-13-15(14)18-16(12(3)17)19(13)10-11(2)21-4/h6-8,11-12H,5,9-10H2,1-4H3. The largest absolute Gasteiger partial charge is 0.491 e. The fourth-order valence-corrected chi connectivity index (χ4v) is 2.76. The number of hydrogen-bond donors (Lipinski definition) is 0. The molecule has 0 bridgehead atoms. The first kappa shape index (κ1) is 16.5. The second kappa shape index (κ2) is 7.41. The molecule has 2 unspecified atom stereocenters. The molecule has 21 heavy (non-hydrogen) atoms. The Morgan fingerprint density at radius 2 is 2.14 bits per heavy atom. The topological polar surface area (TPSA) is 27.1 Å². The molecule has 2 aromatic rings. The van der Waals surface area contributed by atoms with E-state index in [4.69, 9.17) is 21.3 Å². The number of benzene rings is 1. The highest BCUT2D eigenvalue weighted by Gasteiger charge is 2.18. The number of halogens is 1. The van der Waals surface area contributed by atoms with E-state index in [1.54, 1.807) is 0 Å². The van der Waals surface area contributed by atoms with Crippen molar-refractivity contribution in [2.24, 2.45) is 0 Å². The summed E-state index contributed by atoms with van der Waals surface area (Å²) in [6, 6.07) is 6.10. The molecule has 3 nitrogen and oxygen atoms in total. The first-order valence-electron chi connectivity index (χ1n) is 7.37. The van der Waals surface area contributed by atoms with Crippen molar-refractivity contribution in [1.29, 1.82) is 0 Å². The lowest BCUT2D eigenvalue weighted by Gasteiger charge is -2.14. The highest BCUT2D eigenvalue weighted by Crippen LogP contribution is 2.31. The molecule has 0 saturated heterocycles. The van der Waals surface area contributed by atoms with Gasteiger partial charge in [0.05, 0.1) is 17.5 Å². The van der Waals surface area contributed by atoms with E-state index in [1.807, 2.05) is 30.8 Å². The van der Waals surface area contributed by atoms with Crippen molar-refractivity contribution in [3.8, 4) is 5.75 Å². The van der Waals surface area contributed by atoms with Gasteiger partial charge in [-0.05, 0) is 31.7 Å². The van der Waals surface area contributed by atoms with Gasteiger partial charge in [0.25, 0.3) is 0 Å². The first-order chi connectivity index (χ1) is 10.1. The summed E-state index contributed by atoms with van der Waals surface area (Å²) >= 11 is 8.18. The molecule has 0 aliphatic rings. The molecule has 0 aliphatic heterocycles. The van der Waals surface area contributed by atoms with Gasteiger partial charge in [0.1, 0.15) is 17.1 Å².